The van der Waals surface area contributed by atoms with Crippen LogP contribution in [-0.4, -0.2) is 118 Å². The number of oxime groups is 2. The van der Waals surface area contributed by atoms with Gasteiger partial charge in [0.1, 0.15) is 34.1 Å². The summed E-state index contributed by atoms with van der Waals surface area (Å²) >= 11 is 6.35. The minimum atomic E-state index is -0.755. The lowest BCUT2D eigenvalue weighted by molar-refractivity contribution is -0.138. The number of hydrogen-bond donors (Lipinski definition) is 4. The molecular formula is C62H71ClN4O12. The molecule has 0 aliphatic carbocycles. The molecule has 4 heterocycles. The number of amides is 2. The van der Waals surface area contributed by atoms with Gasteiger partial charge in [0, 0.05) is 51.2 Å². The van der Waals surface area contributed by atoms with Gasteiger partial charge in [0.05, 0.1) is 29.7 Å². The van der Waals surface area contributed by atoms with Gasteiger partial charge >= 0.3 is 11.9 Å². The van der Waals surface area contributed by atoms with Crippen LogP contribution in [0.15, 0.2) is 138 Å². The molecule has 4 aromatic carbocycles. The lowest BCUT2D eigenvalue weighted by atomic mass is 9.90. The fourth-order valence-corrected chi connectivity index (χ4v) is 10.0. The molecule has 4 aliphatic heterocycles. The molecule has 4 aliphatic rings. The Kier molecular flexibility index (Phi) is 23.0. The van der Waals surface area contributed by atoms with Crippen molar-refractivity contribution in [1.29, 1.82) is 0 Å². The molecule has 418 valence electrons. The van der Waals surface area contributed by atoms with Crippen LogP contribution in [0.2, 0.25) is 5.02 Å². The number of allylic oxidation sites excluding steroid dienone is 6. The number of nitrogens with zero attached hydrogens (tertiary/aromatic N) is 4. The van der Waals surface area contributed by atoms with Crippen LogP contribution >= 0.6 is 11.6 Å². The standard InChI is InChI=1S/C31H35ClN2O6.C31H36N2O6/c32-30-25-19-24(12-8-3-1-2-4-9-17-39-31(38)29(25)26(35)20-27(30)36)33-40-21-28(37)34-15-13-23(14-16-34)18-22-10-6-5-7-11-22;34-27-20-25-19-26(12-8-3-1-2-4-9-17-38-31(37)30(25)28(35)21-27)32-39-22-29(36)33-15-13-24(14-16-33)18-23-10-6-5-7-11-23/h2,4-8,10-12,20,23,35-36H,1,3,9,13-19,21H2;2,4-8,10-12,20-21,24,34-35H,1,3,9,13-19,22H2/b4-2+,12-8+,33-24+;4-2+,12-8+,32-26-. The largest absolute Gasteiger partial charge is 0.508 e. The molecule has 0 saturated carbocycles. The molecule has 2 fully saturated rings. The van der Waals surface area contributed by atoms with Crippen LogP contribution in [0.3, 0.4) is 0 Å². The summed E-state index contributed by atoms with van der Waals surface area (Å²) in [6.07, 6.45) is 25.3. The number of ether oxygens (including phenoxy) is 2. The number of phenols is 4. The number of carbonyl (C=O) groups is 4. The van der Waals surface area contributed by atoms with Gasteiger partial charge in [-0.3, -0.25) is 9.59 Å². The zero-order valence-corrected chi connectivity index (χ0v) is 45.3. The molecule has 17 heteroatoms. The third kappa shape index (κ3) is 18.7. The van der Waals surface area contributed by atoms with E-state index in [0.29, 0.717) is 67.8 Å². The number of benzene rings is 4. The summed E-state index contributed by atoms with van der Waals surface area (Å²) in [6.45, 7) is 2.63. The normalized spacial score (nSPS) is 19.9. The van der Waals surface area contributed by atoms with Gasteiger partial charge in [0.15, 0.2) is 13.2 Å². The van der Waals surface area contributed by atoms with Crippen molar-refractivity contribution in [1.82, 2.24) is 9.80 Å². The second-order valence-corrected chi connectivity index (χ2v) is 20.3. The molecule has 0 spiro atoms. The SMILES string of the molecule is O=C1OCC/C=C/CC/C=C/C(=N/OCC(=O)N2CCC(Cc3ccccc3)CC2)Cc2cc(O)cc(O)c21.O=C1OCC/C=C/CC/C=C/C(=N\OCC(=O)N2CCC(Cc3ccccc3)CC2)Cc2c(Cl)c(O)cc(O)c21. The van der Waals surface area contributed by atoms with Crippen molar-refractivity contribution in [2.45, 2.75) is 89.9 Å². The highest BCUT2D eigenvalue weighted by atomic mass is 35.5. The highest BCUT2D eigenvalue weighted by Gasteiger charge is 2.27. The molecule has 0 radical (unpaired) electrons. The molecule has 4 aromatic rings. The summed E-state index contributed by atoms with van der Waals surface area (Å²) < 4.78 is 10.6. The molecule has 8 rings (SSSR count). The van der Waals surface area contributed by atoms with Crippen LogP contribution in [0, 0.1) is 11.8 Å². The highest BCUT2D eigenvalue weighted by molar-refractivity contribution is 6.33. The predicted octanol–water partition coefficient (Wildman–Crippen LogP) is 10.5. The van der Waals surface area contributed by atoms with E-state index in [1.807, 2.05) is 65.6 Å². The fraction of sp³-hybridized carbons (Fsp3) is 0.387. The van der Waals surface area contributed by atoms with Crippen LogP contribution in [0.5, 0.6) is 23.0 Å². The summed E-state index contributed by atoms with van der Waals surface area (Å²) in [5, 5.41) is 49.3. The smallest absolute Gasteiger partial charge is 0.342 e. The maximum atomic E-state index is 12.8. The quantitative estimate of drug-likeness (QED) is 0.0663. The number of phenolic OH excluding ortho intramolecular Hbond substituents is 4. The number of esters is 2. The lowest BCUT2D eigenvalue weighted by Crippen LogP contribution is -2.40. The minimum Gasteiger partial charge on any atom is -0.508 e. The van der Waals surface area contributed by atoms with Crippen LogP contribution in [0.1, 0.15) is 107 Å². The van der Waals surface area contributed by atoms with E-state index in [1.54, 1.807) is 17.1 Å². The highest BCUT2D eigenvalue weighted by Crippen LogP contribution is 2.37. The Morgan fingerprint density at radius 3 is 1.51 bits per heavy atom. The van der Waals surface area contributed by atoms with E-state index in [0.717, 1.165) is 76.3 Å². The summed E-state index contributed by atoms with van der Waals surface area (Å²) in [5.41, 5.74) is 3.81. The molecule has 4 N–H and O–H groups in total. The van der Waals surface area contributed by atoms with Crippen molar-refractivity contribution >= 4 is 46.8 Å². The van der Waals surface area contributed by atoms with E-state index in [4.69, 9.17) is 30.7 Å². The number of likely N-dealkylation sites (tertiary alicyclic amines) is 2. The van der Waals surface area contributed by atoms with Crippen molar-refractivity contribution in [3.8, 4) is 23.0 Å². The predicted molar refractivity (Wildman–Crippen MR) is 302 cm³/mol. The Morgan fingerprint density at radius 1 is 0.557 bits per heavy atom. The van der Waals surface area contributed by atoms with E-state index < -0.39 is 17.7 Å². The number of piperidine rings is 2. The van der Waals surface area contributed by atoms with Crippen LogP contribution in [0.25, 0.3) is 0 Å². The minimum absolute atomic E-state index is 0.0237. The summed E-state index contributed by atoms with van der Waals surface area (Å²) in [7, 11) is 0. The van der Waals surface area contributed by atoms with Crippen molar-refractivity contribution < 1.29 is 58.8 Å². The number of aromatic hydroxyl groups is 4. The van der Waals surface area contributed by atoms with Crippen molar-refractivity contribution in [3.63, 3.8) is 0 Å². The maximum Gasteiger partial charge on any atom is 0.342 e. The summed E-state index contributed by atoms with van der Waals surface area (Å²) in [6, 6.07) is 24.3. The Balaban J connectivity index is 0.000000229. The first-order chi connectivity index (χ1) is 38.4. The Hall–Kier alpha value is -7.85. The lowest BCUT2D eigenvalue weighted by Gasteiger charge is -2.31. The molecule has 0 unspecified atom stereocenters. The maximum absolute atomic E-state index is 12.8. The van der Waals surface area contributed by atoms with Crippen molar-refractivity contribution in [2.24, 2.45) is 22.1 Å². The first kappa shape index (κ1) is 58.8. The second-order valence-electron chi connectivity index (χ2n) is 19.9. The average Bonchev–Trinajstić information content (AvgIpc) is 3.47. The first-order valence-corrected chi connectivity index (χ1v) is 27.6. The number of cyclic esters (lactones) is 2. The van der Waals surface area contributed by atoms with Crippen LogP contribution < -0.4 is 0 Å². The second kappa shape index (κ2) is 30.9. The van der Waals surface area contributed by atoms with Gasteiger partial charge in [0.25, 0.3) is 11.8 Å². The van der Waals surface area contributed by atoms with E-state index in [1.165, 1.54) is 17.2 Å². The summed E-state index contributed by atoms with van der Waals surface area (Å²) in [5.74, 6) is -1.96. The van der Waals surface area contributed by atoms with Crippen molar-refractivity contribution in [2.75, 3.05) is 52.6 Å². The molecule has 79 heavy (non-hydrogen) atoms. The Bertz CT molecular complexity index is 2870. The van der Waals surface area contributed by atoms with E-state index in [-0.39, 0.29) is 90.0 Å². The zero-order valence-electron chi connectivity index (χ0n) is 44.6. The number of carbonyl (C=O) groups excluding carboxylic acids is 4. The average molecular weight is 1100 g/mol. The van der Waals surface area contributed by atoms with Gasteiger partial charge in [-0.1, -0.05) is 119 Å². The third-order valence-electron chi connectivity index (χ3n) is 14.0. The molecule has 16 nitrogen and oxygen atoms in total. The van der Waals surface area contributed by atoms with Gasteiger partial charge in [-0.05, 0) is 129 Å². The van der Waals surface area contributed by atoms with Crippen LogP contribution in [0.4, 0.5) is 0 Å². The molecular weight excluding hydrogens is 1030 g/mol. The summed E-state index contributed by atoms with van der Waals surface area (Å²) in [4.78, 5) is 65.7. The number of halogens is 1. The van der Waals surface area contributed by atoms with Gasteiger partial charge in [-0.25, -0.2) is 9.59 Å². The van der Waals surface area contributed by atoms with Crippen molar-refractivity contribution in [3.05, 3.63) is 166 Å². The molecule has 2 saturated heterocycles. The topological polar surface area (TPSA) is 217 Å². The third-order valence-corrected chi connectivity index (χ3v) is 14.5. The van der Waals surface area contributed by atoms with Gasteiger partial charge in [0.2, 0.25) is 0 Å². The molecule has 2 amide bonds. The molecule has 0 aromatic heterocycles. The Morgan fingerprint density at radius 2 is 1.00 bits per heavy atom. The Labute approximate surface area is 466 Å². The zero-order chi connectivity index (χ0) is 55.8. The van der Waals surface area contributed by atoms with Gasteiger partial charge < -0.3 is 49.4 Å². The monoisotopic (exact) mass is 1100 g/mol. The fourth-order valence-electron chi connectivity index (χ4n) is 9.81. The number of rotatable bonds is 10. The first-order valence-electron chi connectivity index (χ1n) is 27.2. The number of hydrogen-bond acceptors (Lipinski definition) is 14. The van der Waals surface area contributed by atoms with E-state index in [9.17, 15) is 39.6 Å². The molecule has 0 bridgehead atoms. The number of fused-ring (bicyclic) bond motifs is 2. The van der Waals surface area contributed by atoms with Gasteiger partial charge in [-0.2, -0.15) is 0 Å². The van der Waals surface area contributed by atoms with Gasteiger partial charge in [-0.15, -0.1) is 0 Å². The van der Waals surface area contributed by atoms with E-state index in [2.05, 4.69) is 46.7 Å². The van der Waals surface area contributed by atoms with E-state index >= 15 is 0 Å². The van der Waals surface area contributed by atoms with Crippen LogP contribution in [-0.2, 0) is 54.4 Å². The molecule has 0 atom stereocenters.